The van der Waals surface area contributed by atoms with E-state index in [2.05, 4.69) is 26.4 Å². The van der Waals surface area contributed by atoms with Gasteiger partial charge in [0.05, 0.1) is 34.7 Å². The van der Waals surface area contributed by atoms with Crippen molar-refractivity contribution in [2.45, 2.75) is 6.42 Å². The number of halogens is 1. The number of benzene rings is 1. The lowest BCUT2D eigenvalue weighted by Crippen LogP contribution is -2.03. The van der Waals surface area contributed by atoms with Crippen molar-refractivity contribution in [1.29, 1.82) is 0 Å². The van der Waals surface area contributed by atoms with Gasteiger partial charge < -0.3 is 4.57 Å². The summed E-state index contributed by atoms with van der Waals surface area (Å²) in [6, 6.07) is 5.71. The van der Waals surface area contributed by atoms with Gasteiger partial charge in [0.2, 0.25) is 0 Å². The molecule has 0 radical (unpaired) electrons. The van der Waals surface area contributed by atoms with Crippen molar-refractivity contribution in [2.24, 2.45) is 0 Å². The summed E-state index contributed by atoms with van der Waals surface area (Å²) in [6.07, 6.45) is 6.03. The molecule has 0 spiro atoms. The first kappa shape index (κ1) is 11.4. The molecular formula is C14H10ClN5. The molecule has 1 aliphatic rings. The number of imidazole rings is 1. The summed E-state index contributed by atoms with van der Waals surface area (Å²) in [7, 11) is 0. The van der Waals surface area contributed by atoms with E-state index in [1.54, 1.807) is 18.6 Å². The molecule has 0 saturated heterocycles. The van der Waals surface area contributed by atoms with Gasteiger partial charge in [0.1, 0.15) is 6.33 Å². The van der Waals surface area contributed by atoms with Crippen LogP contribution >= 0.6 is 11.6 Å². The van der Waals surface area contributed by atoms with E-state index in [0.29, 0.717) is 11.4 Å². The maximum absolute atomic E-state index is 6.12. The zero-order valence-corrected chi connectivity index (χ0v) is 11.2. The van der Waals surface area contributed by atoms with E-state index < -0.39 is 0 Å². The van der Waals surface area contributed by atoms with Gasteiger partial charge in [-0.05, 0) is 24.3 Å². The molecule has 3 heterocycles. The van der Waals surface area contributed by atoms with Crippen molar-refractivity contribution in [3.8, 4) is 11.4 Å². The van der Waals surface area contributed by atoms with Crippen LogP contribution in [0.4, 0.5) is 0 Å². The molecule has 0 N–H and O–H groups in total. The molecule has 0 atom stereocenters. The van der Waals surface area contributed by atoms with Crippen LogP contribution in [0.2, 0.25) is 5.02 Å². The van der Waals surface area contributed by atoms with Crippen molar-refractivity contribution >= 4 is 17.7 Å². The standard InChI is InChI=1S/C14H10ClN5/c1-2-11-13-6-10-7-17-18-20(10)14-5-9(15)3-4-12(14)19(13)8-16-11/h2-5,7-8H,1,6H2. The second kappa shape index (κ2) is 4.05. The Bertz CT molecular complexity index is 830. The summed E-state index contributed by atoms with van der Waals surface area (Å²) in [5, 5.41) is 8.83. The Labute approximate surface area is 120 Å². The van der Waals surface area contributed by atoms with Gasteiger partial charge in [0, 0.05) is 11.4 Å². The fourth-order valence-electron chi connectivity index (χ4n) is 2.56. The Hall–Kier alpha value is -2.40. The summed E-state index contributed by atoms with van der Waals surface area (Å²) >= 11 is 6.12. The molecule has 6 heteroatoms. The van der Waals surface area contributed by atoms with Gasteiger partial charge in [-0.2, -0.15) is 0 Å². The van der Waals surface area contributed by atoms with E-state index in [0.717, 1.165) is 28.5 Å². The molecule has 20 heavy (non-hydrogen) atoms. The fourth-order valence-corrected chi connectivity index (χ4v) is 2.73. The van der Waals surface area contributed by atoms with E-state index in [9.17, 15) is 0 Å². The summed E-state index contributed by atoms with van der Waals surface area (Å²) in [5.41, 5.74) is 4.83. The normalized spacial score (nSPS) is 12.2. The average Bonchev–Trinajstić information content (AvgIpc) is 3.04. The highest BCUT2D eigenvalue weighted by molar-refractivity contribution is 6.30. The highest BCUT2D eigenvalue weighted by Crippen LogP contribution is 2.30. The molecule has 0 amide bonds. The first-order valence-electron chi connectivity index (χ1n) is 6.16. The lowest BCUT2D eigenvalue weighted by Gasteiger charge is -2.09. The largest absolute Gasteiger partial charge is 0.300 e. The monoisotopic (exact) mass is 283 g/mol. The number of fused-ring (bicyclic) bond motifs is 5. The van der Waals surface area contributed by atoms with E-state index in [1.165, 1.54) is 0 Å². The summed E-state index contributed by atoms with van der Waals surface area (Å²) in [6.45, 7) is 3.82. The summed E-state index contributed by atoms with van der Waals surface area (Å²) in [4.78, 5) is 4.40. The molecule has 4 rings (SSSR count). The Balaban J connectivity index is 2.11. The van der Waals surface area contributed by atoms with Gasteiger partial charge in [0.25, 0.3) is 0 Å². The van der Waals surface area contributed by atoms with Crippen molar-refractivity contribution in [3.63, 3.8) is 0 Å². The zero-order valence-electron chi connectivity index (χ0n) is 10.5. The van der Waals surface area contributed by atoms with Gasteiger partial charge in [-0.25, -0.2) is 9.67 Å². The van der Waals surface area contributed by atoms with E-state index >= 15 is 0 Å². The van der Waals surface area contributed by atoms with Crippen LogP contribution in [0, 0.1) is 0 Å². The van der Waals surface area contributed by atoms with Gasteiger partial charge in [-0.15, -0.1) is 5.10 Å². The molecule has 0 fully saturated rings. The second-order valence-electron chi connectivity index (χ2n) is 4.60. The number of rotatable bonds is 1. The topological polar surface area (TPSA) is 48.5 Å². The van der Waals surface area contributed by atoms with Crippen LogP contribution in [0.25, 0.3) is 17.5 Å². The van der Waals surface area contributed by atoms with Crippen LogP contribution < -0.4 is 0 Å². The molecule has 1 aromatic carbocycles. The third-order valence-electron chi connectivity index (χ3n) is 3.49. The molecule has 98 valence electrons. The van der Waals surface area contributed by atoms with Crippen LogP contribution in [0.3, 0.4) is 0 Å². The Morgan fingerprint density at radius 2 is 2.20 bits per heavy atom. The Morgan fingerprint density at radius 1 is 1.30 bits per heavy atom. The second-order valence-corrected chi connectivity index (χ2v) is 5.03. The molecular weight excluding hydrogens is 274 g/mol. The lowest BCUT2D eigenvalue weighted by molar-refractivity contribution is 0.778. The van der Waals surface area contributed by atoms with Gasteiger partial charge in [-0.3, -0.25) is 0 Å². The van der Waals surface area contributed by atoms with Crippen LogP contribution in [0.5, 0.6) is 0 Å². The number of hydrogen-bond acceptors (Lipinski definition) is 3. The molecule has 0 bridgehead atoms. The first-order valence-corrected chi connectivity index (χ1v) is 6.54. The average molecular weight is 284 g/mol. The smallest absolute Gasteiger partial charge is 0.100 e. The van der Waals surface area contributed by atoms with E-state index in [-0.39, 0.29) is 0 Å². The third-order valence-corrected chi connectivity index (χ3v) is 3.72. The molecule has 0 saturated carbocycles. The molecule has 0 aliphatic carbocycles. The van der Waals surface area contributed by atoms with E-state index in [4.69, 9.17) is 11.6 Å². The predicted molar refractivity (Wildman–Crippen MR) is 76.4 cm³/mol. The van der Waals surface area contributed by atoms with Crippen LogP contribution in [0.1, 0.15) is 17.1 Å². The fraction of sp³-hybridized carbons (Fsp3) is 0.0714. The van der Waals surface area contributed by atoms with Crippen LogP contribution in [0.15, 0.2) is 37.3 Å². The zero-order chi connectivity index (χ0) is 13.7. The molecule has 1 aliphatic heterocycles. The molecule has 0 unspecified atom stereocenters. The minimum absolute atomic E-state index is 0.665. The van der Waals surface area contributed by atoms with Crippen molar-refractivity contribution in [1.82, 2.24) is 24.5 Å². The maximum Gasteiger partial charge on any atom is 0.100 e. The van der Waals surface area contributed by atoms with Gasteiger partial charge >= 0.3 is 0 Å². The van der Waals surface area contributed by atoms with Crippen molar-refractivity contribution < 1.29 is 0 Å². The Kier molecular flexibility index (Phi) is 2.31. The number of nitrogens with zero attached hydrogens (tertiary/aromatic N) is 5. The minimum Gasteiger partial charge on any atom is -0.300 e. The van der Waals surface area contributed by atoms with Crippen molar-refractivity contribution in [3.05, 3.63) is 59.4 Å². The van der Waals surface area contributed by atoms with Crippen LogP contribution in [-0.4, -0.2) is 24.5 Å². The van der Waals surface area contributed by atoms with Gasteiger partial charge in [0.15, 0.2) is 0 Å². The first-order chi connectivity index (χ1) is 9.78. The summed E-state index contributed by atoms with van der Waals surface area (Å²) < 4.78 is 3.87. The van der Waals surface area contributed by atoms with Gasteiger partial charge in [-0.1, -0.05) is 23.4 Å². The summed E-state index contributed by atoms with van der Waals surface area (Å²) in [5.74, 6) is 0. The van der Waals surface area contributed by atoms with Crippen LogP contribution in [-0.2, 0) is 6.42 Å². The maximum atomic E-state index is 6.12. The molecule has 2 aromatic heterocycles. The predicted octanol–water partition coefficient (Wildman–Crippen LogP) is 2.65. The van der Waals surface area contributed by atoms with Crippen molar-refractivity contribution in [2.75, 3.05) is 0 Å². The molecule has 5 nitrogen and oxygen atoms in total. The highest BCUT2D eigenvalue weighted by Gasteiger charge is 2.22. The third kappa shape index (κ3) is 1.47. The SMILES string of the molecule is C=Cc1ncn2c1Cc1cnnn1-c1cc(Cl)ccc1-2. The highest BCUT2D eigenvalue weighted by atomic mass is 35.5. The lowest BCUT2D eigenvalue weighted by atomic mass is 10.2. The quantitative estimate of drug-likeness (QED) is 0.539. The van der Waals surface area contributed by atoms with E-state index in [1.807, 2.05) is 22.9 Å². The minimum atomic E-state index is 0.665. The Morgan fingerprint density at radius 3 is 3.05 bits per heavy atom. The molecule has 3 aromatic rings. The number of aromatic nitrogens is 5. The number of hydrogen-bond donors (Lipinski definition) is 0.